The number of nitrogens with one attached hydrogen (secondary N) is 1. The predicted molar refractivity (Wildman–Crippen MR) is 59.7 cm³/mol. The Morgan fingerprint density at radius 1 is 1.56 bits per heavy atom. The van der Waals surface area contributed by atoms with E-state index in [0.717, 1.165) is 6.07 Å². The molecule has 0 saturated heterocycles. The first kappa shape index (κ1) is 12.9. The Kier molecular flexibility index (Phi) is 4.71. The summed E-state index contributed by atoms with van der Waals surface area (Å²) in [5.74, 6) is -0.997. The number of halogens is 2. The molecule has 5 heteroatoms. The Bertz CT molecular complexity index is 382. The molecule has 0 aliphatic rings. The molecule has 0 fully saturated rings. The second kappa shape index (κ2) is 5.82. The average Bonchev–Trinajstić information content (AvgIpc) is 2.16. The van der Waals surface area contributed by atoms with E-state index in [-0.39, 0.29) is 16.5 Å². The van der Waals surface area contributed by atoms with Crippen molar-refractivity contribution >= 4 is 17.5 Å². The van der Waals surface area contributed by atoms with Crippen LogP contribution < -0.4 is 5.48 Å². The Morgan fingerprint density at radius 2 is 2.25 bits per heavy atom. The van der Waals surface area contributed by atoms with Crippen LogP contribution in [0.15, 0.2) is 18.2 Å². The van der Waals surface area contributed by atoms with Crippen molar-refractivity contribution < 1.29 is 14.0 Å². The van der Waals surface area contributed by atoms with Gasteiger partial charge in [0.25, 0.3) is 5.91 Å². The van der Waals surface area contributed by atoms with Crippen molar-refractivity contribution in [2.45, 2.75) is 13.8 Å². The molecule has 0 spiro atoms. The average molecular weight is 246 g/mol. The maximum Gasteiger partial charge on any atom is 0.277 e. The van der Waals surface area contributed by atoms with E-state index in [9.17, 15) is 9.18 Å². The molecule has 0 aliphatic carbocycles. The fraction of sp³-hybridized carbons (Fsp3) is 0.364. The fourth-order valence-corrected chi connectivity index (χ4v) is 1.16. The van der Waals surface area contributed by atoms with E-state index in [2.05, 4.69) is 5.48 Å². The molecule has 16 heavy (non-hydrogen) atoms. The van der Waals surface area contributed by atoms with Gasteiger partial charge in [-0.2, -0.15) is 0 Å². The normalized spacial score (nSPS) is 10.6. The third-order valence-corrected chi connectivity index (χ3v) is 1.99. The van der Waals surface area contributed by atoms with Crippen molar-refractivity contribution in [1.29, 1.82) is 0 Å². The van der Waals surface area contributed by atoms with Crippen molar-refractivity contribution in [1.82, 2.24) is 5.48 Å². The smallest absolute Gasteiger partial charge is 0.273 e. The minimum atomic E-state index is -0.668. The van der Waals surface area contributed by atoms with E-state index in [0.29, 0.717) is 6.61 Å². The third-order valence-electron chi connectivity index (χ3n) is 1.76. The van der Waals surface area contributed by atoms with Gasteiger partial charge in [0.1, 0.15) is 5.82 Å². The maximum atomic E-state index is 13.3. The van der Waals surface area contributed by atoms with Crippen molar-refractivity contribution in [3.8, 4) is 0 Å². The Balaban J connectivity index is 2.59. The number of hydroxylamine groups is 1. The standard InChI is InChI=1S/C11H13ClFNO2/c1-7(2)6-16-14-11(15)9-4-3-8(12)5-10(9)13/h3-5,7H,6H2,1-2H3,(H,14,15). The monoisotopic (exact) mass is 245 g/mol. The van der Waals surface area contributed by atoms with E-state index in [4.69, 9.17) is 16.4 Å². The minimum Gasteiger partial charge on any atom is -0.273 e. The van der Waals surface area contributed by atoms with Crippen LogP contribution in [0.4, 0.5) is 4.39 Å². The van der Waals surface area contributed by atoms with Gasteiger partial charge in [-0.1, -0.05) is 25.4 Å². The first-order valence-corrected chi connectivity index (χ1v) is 5.25. The molecule has 1 aromatic carbocycles. The van der Waals surface area contributed by atoms with Gasteiger partial charge in [0, 0.05) is 5.02 Å². The van der Waals surface area contributed by atoms with E-state index in [1.807, 2.05) is 13.8 Å². The van der Waals surface area contributed by atoms with Gasteiger partial charge in [0.15, 0.2) is 0 Å². The molecule has 1 rings (SSSR count). The number of amides is 1. The van der Waals surface area contributed by atoms with Gasteiger partial charge in [-0.15, -0.1) is 0 Å². The molecule has 0 bridgehead atoms. The van der Waals surface area contributed by atoms with Crippen LogP contribution in [-0.2, 0) is 4.84 Å². The highest BCUT2D eigenvalue weighted by atomic mass is 35.5. The minimum absolute atomic E-state index is 0.0897. The molecule has 1 amide bonds. The first-order valence-electron chi connectivity index (χ1n) is 4.88. The highest BCUT2D eigenvalue weighted by Gasteiger charge is 2.11. The molecular weight excluding hydrogens is 233 g/mol. The molecule has 0 atom stereocenters. The summed E-state index contributed by atoms with van der Waals surface area (Å²) in [6, 6.07) is 3.84. The van der Waals surface area contributed by atoms with Gasteiger partial charge in [-0.25, -0.2) is 9.87 Å². The molecular formula is C11H13ClFNO2. The van der Waals surface area contributed by atoms with Gasteiger partial charge in [0.05, 0.1) is 12.2 Å². The van der Waals surface area contributed by atoms with Gasteiger partial charge < -0.3 is 0 Å². The number of hydrogen-bond acceptors (Lipinski definition) is 2. The molecule has 88 valence electrons. The van der Waals surface area contributed by atoms with E-state index >= 15 is 0 Å². The largest absolute Gasteiger partial charge is 0.277 e. The number of benzene rings is 1. The van der Waals surface area contributed by atoms with Crippen LogP contribution in [0.5, 0.6) is 0 Å². The van der Waals surface area contributed by atoms with Gasteiger partial charge in [0.2, 0.25) is 0 Å². The van der Waals surface area contributed by atoms with Crippen LogP contribution in [-0.4, -0.2) is 12.5 Å². The van der Waals surface area contributed by atoms with Crippen molar-refractivity contribution in [2.75, 3.05) is 6.61 Å². The van der Waals surface area contributed by atoms with Crippen LogP contribution in [0, 0.1) is 11.7 Å². The zero-order valence-corrected chi connectivity index (χ0v) is 9.84. The molecule has 0 saturated carbocycles. The maximum absolute atomic E-state index is 13.3. The summed E-state index contributed by atoms with van der Waals surface area (Å²) in [4.78, 5) is 16.3. The van der Waals surface area contributed by atoms with Crippen LogP contribution in [0.25, 0.3) is 0 Å². The summed E-state index contributed by atoms with van der Waals surface area (Å²) in [6.45, 7) is 4.25. The summed E-state index contributed by atoms with van der Waals surface area (Å²) in [5.41, 5.74) is 2.08. The summed E-state index contributed by atoms with van der Waals surface area (Å²) in [7, 11) is 0. The van der Waals surface area contributed by atoms with E-state index < -0.39 is 11.7 Å². The van der Waals surface area contributed by atoms with Crippen LogP contribution in [0.2, 0.25) is 5.02 Å². The fourth-order valence-electron chi connectivity index (χ4n) is 1.00. The molecule has 0 aliphatic heterocycles. The van der Waals surface area contributed by atoms with Crippen molar-refractivity contribution in [2.24, 2.45) is 5.92 Å². The lowest BCUT2D eigenvalue weighted by Gasteiger charge is -2.08. The summed E-state index contributed by atoms with van der Waals surface area (Å²) in [5, 5.41) is 0.247. The molecule has 0 aromatic heterocycles. The predicted octanol–water partition coefficient (Wildman–Crippen LogP) is 2.80. The van der Waals surface area contributed by atoms with Crippen molar-refractivity contribution in [3.05, 3.63) is 34.6 Å². The van der Waals surface area contributed by atoms with E-state index in [1.165, 1.54) is 12.1 Å². The van der Waals surface area contributed by atoms with Gasteiger partial charge >= 0.3 is 0 Å². The molecule has 0 unspecified atom stereocenters. The Hall–Kier alpha value is -1.13. The second-order valence-corrected chi connectivity index (χ2v) is 4.20. The highest BCUT2D eigenvalue weighted by Crippen LogP contribution is 2.14. The molecule has 1 N–H and O–H groups in total. The lowest BCUT2D eigenvalue weighted by Crippen LogP contribution is -2.26. The number of hydrogen-bond donors (Lipinski definition) is 1. The SMILES string of the molecule is CC(C)CONC(=O)c1ccc(Cl)cc1F. The molecule has 0 heterocycles. The Morgan fingerprint density at radius 3 is 2.81 bits per heavy atom. The van der Waals surface area contributed by atoms with E-state index in [1.54, 1.807) is 0 Å². The van der Waals surface area contributed by atoms with Crippen molar-refractivity contribution in [3.63, 3.8) is 0 Å². The van der Waals surface area contributed by atoms with Crippen LogP contribution in [0.1, 0.15) is 24.2 Å². The Labute approximate surface area is 98.5 Å². The first-order chi connectivity index (χ1) is 7.50. The number of rotatable bonds is 4. The zero-order chi connectivity index (χ0) is 12.1. The summed E-state index contributed by atoms with van der Waals surface area (Å²) in [6.07, 6.45) is 0. The second-order valence-electron chi connectivity index (χ2n) is 3.76. The van der Waals surface area contributed by atoms with Gasteiger partial charge in [-0.05, 0) is 24.1 Å². The molecule has 3 nitrogen and oxygen atoms in total. The summed E-state index contributed by atoms with van der Waals surface area (Å²) >= 11 is 5.56. The quantitative estimate of drug-likeness (QED) is 0.829. The zero-order valence-electron chi connectivity index (χ0n) is 9.09. The lowest BCUT2D eigenvalue weighted by molar-refractivity contribution is 0.0205. The third kappa shape index (κ3) is 3.79. The molecule has 0 radical (unpaired) electrons. The van der Waals surface area contributed by atoms with Gasteiger partial charge in [-0.3, -0.25) is 9.63 Å². The highest BCUT2D eigenvalue weighted by molar-refractivity contribution is 6.30. The lowest BCUT2D eigenvalue weighted by atomic mass is 10.2. The van der Waals surface area contributed by atoms with Crippen LogP contribution >= 0.6 is 11.6 Å². The van der Waals surface area contributed by atoms with Crippen LogP contribution in [0.3, 0.4) is 0 Å². The topological polar surface area (TPSA) is 38.3 Å². The molecule has 1 aromatic rings. The summed E-state index contributed by atoms with van der Waals surface area (Å²) < 4.78 is 13.3. The number of carbonyl (C=O) groups excluding carboxylic acids is 1. The number of carbonyl (C=O) groups is 1.